The van der Waals surface area contributed by atoms with E-state index in [4.69, 9.17) is 0 Å². The fourth-order valence-corrected chi connectivity index (χ4v) is 1.66. The van der Waals surface area contributed by atoms with Gasteiger partial charge in [-0.1, -0.05) is 12.1 Å². The van der Waals surface area contributed by atoms with Crippen LogP contribution in [-0.4, -0.2) is 16.6 Å². The Labute approximate surface area is 102 Å². The van der Waals surface area contributed by atoms with Crippen LogP contribution in [0.2, 0.25) is 0 Å². The summed E-state index contributed by atoms with van der Waals surface area (Å²) in [6.07, 6.45) is -0.886. The fraction of sp³-hybridized carbons (Fsp3) is 0.250. The summed E-state index contributed by atoms with van der Waals surface area (Å²) < 4.78 is 39.0. The van der Waals surface area contributed by atoms with Crippen LogP contribution in [0.3, 0.4) is 0 Å². The average molecular weight is 255 g/mol. The number of anilines is 1. The van der Waals surface area contributed by atoms with Gasteiger partial charge in [0.25, 0.3) is 0 Å². The summed E-state index contributed by atoms with van der Waals surface area (Å²) in [6.45, 7) is 0.480. The summed E-state index contributed by atoms with van der Waals surface area (Å²) in [7, 11) is 1.74. The summed E-state index contributed by atoms with van der Waals surface area (Å²) in [5.74, 6) is 0.676. The lowest BCUT2D eigenvalue weighted by Gasteiger charge is -2.09. The maximum absolute atomic E-state index is 12.4. The van der Waals surface area contributed by atoms with Gasteiger partial charge in [-0.15, -0.1) is 0 Å². The lowest BCUT2D eigenvalue weighted by Crippen LogP contribution is -2.06. The second kappa shape index (κ2) is 4.72. The van der Waals surface area contributed by atoms with Crippen molar-refractivity contribution in [2.75, 3.05) is 12.4 Å². The highest BCUT2D eigenvalue weighted by atomic mass is 19.4. The largest absolute Gasteiger partial charge is 0.416 e. The van der Waals surface area contributed by atoms with Gasteiger partial charge in [0.2, 0.25) is 5.95 Å². The van der Waals surface area contributed by atoms with Crippen LogP contribution in [0.15, 0.2) is 36.7 Å². The molecule has 0 amide bonds. The van der Waals surface area contributed by atoms with Gasteiger partial charge in [0.1, 0.15) is 0 Å². The summed E-state index contributed by atoms with van der Waals surface area (Å²) in [6, 6.07) is 5.13. The van der Waals surface area contributed by atoms with Crippen LogP contribution in [0, 0.1) is 0 Å². The van der Waals surface area contributed by atoms with E-state index < -0.39 is 11.7 Å². The molecule has 0 unspecified atom stereocenters. The van der Waals surface area contributed by atoms with E-state index in [2.05, 4.69) is 10.3 Å². The van der Waals surface area contributed by atoms with Crippen LogP contribution in [0.1, 0.15) is 11.1 Å². The van der Waals surface area contributed by atoms with Gasteiger partial charge in [-0.05, 0) is 17.7 Å². The van der Waals surface area contributed by atoms with Crippen molar-refractivity contribution < 1.29 is 13.2 Å². The highest BCUT2D eigenvalue weighted by Gasteiger charge is 2.29. The maximum atomic E-state index is 12.4. The third-order valence-corrected chi connectivity index (χ3v) is 2.57. The summed E-state index contributed by atoms with van der Waals surface area (Å²) in [5, 5.41) is 2.90. The van der Waals surface area contributed by atoms with Crippen molar-refractivity contribution in [3.63, 3.8) is 0 Å². The molecule has 0 aliphatic carbocycles. The van der Waals surface area contributed by atoms with Crippen molar-refractivity contribution in [1.29, 1.82) is 0 Å². The molecule has 0 spiro atoms. The number of halogens is 3. The van der Waals surface area contributed by atoms with Gasteiger partial charge < -0.3 is 9.88 Å². The van der Waals surface area contributed by atoms with Crippen molar-refractivity contribution >= 4 is 5.95 Å². The van der Waals surface area contributed by atoms with Crippen LogP contribution < -0.4 is 5.32 Å². The molecule has 0 saturated heterocycles. The molecule has 0 atom stereocenters. The molecule has 6 heteroatoms. The molecule has 2 aromatic rings. The van der Waals surface area contributed by atoms with E-state index >= 15 is 0 Å². The zero-order valence-electron chi connectivity index (χ0n) is 9.70. The number of nitrogens with one attached hydrogen (secondary N) is 1. The van der Waals surface area contributed by atoms with Crippen LogP contribution >= 0.6 is 0 Å². The molecular formula is C12H12F3N3. The minimum absolute atomic E-state index is 0.480. The third-order valence-electron chi connectivity index (χ3n) is 2.57. The average Bonchev–Trinajstić information content (AvgIpc) is 2.76. The minimum atomic E-state index is -4.29. The minimum Gasteiger partial charge on any atom is -0.359 e. The number of aromatic nitrogens is 2. The van der Waals surface area contributed by atoms with Crippen molar-refractivity contribution in [3.05, 3.63) is 47.8 Å². The second-order valence-corrected chi connectivity index (χ2v) is 3.82. The highest BCUT2D eigenvalue weighted by Crippen LogP contribution is 2.29. The first-order valence-electron chi connectivity index (χ1n) is 5.36. The lowest BCUT2D eigenvalue weighted by molar-refractivity contribution is -0.137. The topological polar surface area (TPSA) is 29.9 Å². The second-order valence-electron chi connectivity index (χ2n) is 3.82. The van der Waals surface area contributed by atoms with Gasteiger partial charge in [-0.3, -0.25) is 0 Å². The van der Waals surface area contributed by atoms with Gasteiger partial charge in [-0.2, -0.15) is 13.2 Å². The molecule has 0 bridgehead atoms. The first-order valence-corrected chi connectivity index (χ1v) is 5.36. The first kappa shape index (κ1) is 12.5. The smallest absolute Gasteiger partial charge is 0.359 e. The van der Waals surface area contributed by atoms with E-state index in [1.54, 1.807) is 19.4 Å². The van der Waals surface area contributed by atoms with Gasteiger partial charge in [0.15, 0.2) is 0 Å². The van der Waals surface area contributed by atoms with Crippen molar-refractivity contribution in [2.45, 2.75) is 12.7 Å². The Morgan fingerprint density at radius 2 is 1.89 bits per heavy atom. The molecule has 1 N–H and O–H groups in total. The Morgan fingerprint density at radius 1 is 1.22 bits per heavy atom. The maximum Gasteiger partial charge on any atom is 0.416 e. The standard InChI is InChI=1S/C12H12F3N3/c1-16-11-17-6-7-18(11)8-9-2-4-10(5-3-9)12(13,14)15/h2-7H,8H2,1H3,(H,16,17). The third kappa shape index (κ3) is 2.64. The number of imidazole rings is 1. The number of alkyl halides is 3. The quantitative estimate of drug-likeness (QED) is 0.913. The van der Waals surface area contributed by atoms with Gasteiger partial charge in [-0.25, -0.2) is 4.98 Å². The number of nitrogens with zero attached hydrogens (tertiary/aromatic N) is 2. The molecule has 1 aromatic heterocycles. The molecule has 18 heavy (non-hydrogen) atoms. The molecule has 0 fully saturated rings. The Kier molecular flexibility index (Phi) is 3.27. The molecule has 96 valence electrons. The number of hydrogen-bond acceptors (Lipinski definition) is 2. The van der Waals surface area contributed by atoms with E-state index in [1.165, 1.54) is 12.1 Å². The zero-order valence-corrected chi connectivity index (χ0v) is 9.70. The molecule has 0 radical (unpaired) electrons. The molecular weight excluding hydrogens is 243 g/mol. The lowest BCUT2D eigenvalue weighted by atomic mass is 10.1. The molecule has 1 aromatic carbocycles. The fourth-order valence-electron chi connectivity index (χ4n) is 1.66. The summed E-state index contributed by atoms with van der Waals surface area (Å²) >= 11 is 0. The van der Waals surface area contributed by atoms with Gasteiger partial charge >= 0.3 is 6.18 Å². The highest BCUT2D eigenvalue weighted by molar-refractivity contribution is 5.29. The van der Waals surface area contributed by atoms with Crippen LogP contribution in [0.4, 0.5) is 19.1 Å². The van der Waals surface area contributed by atoms with Crippen molar-refractivity contribution in [1.82, 2.24) is 9.55 Å². The van der Waals surface area contributed by atoms with E-state index in [0.717, 1.165) is 17.7 Å². The van der Waals surface area contributed by atoms with Crippen molar-refractivity contribution in [2.24, 2.45) is 0 Å². The van der Waals surface area contributed by atoms with E-state index in [-0.39, 0.29) is 0 Å². The summed E-state index contributed by atoms with van der Waals surface area (Å²) in [5.41, 5.74) is 0.156. The molecule has 1 heterocycles. The molecule has 0 saturated carbocycles. The molecule has 2 rings (SSSR count). The van der Waals surface area contributed by atoms with Crippen LogP contribution in [0.25, 0.3) is 0 Å². The SMILES string of the molecule is CNc1nccn1Cc1ccc(C(F)(F)F)cc1. The monoisotopic (exact) mass is 255 g/mol. The van der Waals surface area contributed by atoms with Gasteiger partial charge in [0.05, 0.1) is 12.1 Å². The Balaban J connectivity index is 2.16. The molecule has 0 aliphatic rings. The normalized spacial score (nSPS) is 11.6. The summed E-state index contributed by atoms with van der Waals surface area (Å²) in [4.78, 5) is 4.06. The first-order chi connectivity index (χ1) is 8.50. The van der Waals surface area contributed by atoms with Crippen LogP contribution in [-0.2, 0) is 12.7 Å². The van der Waals surface area contributed by atoms with Gasteiger partial charge in [0, 0.05) is 19.4 Å². The Morgan fingerprint density at radius 3 is 2.44 bits per heavy atom. The van der Waals surface area contributed by atoms with E-state index in [1.807, 2.05) is 4.57 Å². The number of hydrogen-bond donors (Lipinski definition) is 1. The molecule has 0 aliphatic heterocycles. The predicted octanol–water partition coefficient (Wildman–Crippen LogP) is 2.99. The number of benzene rings is 1. The molecule has 3 nitrogen and oxygen atoms in total. The van der Waals surface area contributed by atoms with E-state index in [9.17, 15) is 13.2 Å². The van der Waals surface area contributed by atoms with Crippen molar-refractivity contribution in [3.8, 4) is 0 Å². The van der Waals surface area contributed by atoms with E-state index in [0.29, 0.717) is 12.5 Å². The predicted molar refractivity (Wildman–Crippen MR) is 62.3 cm³/mol. The Bertz CT molecular complexity index is 514. The number of rotatable bonds is 3. The zero-order chi connectivity index (χ0) is 13.2. The van der Waals surface area contributed by atoms with Crippen LogP contribution in [0.5, 0.6) is 0 Å². The Hall–Kier alpha value is -1.98.